The molecule has 8 nitrogen and oxygen atoms in total. The van der Waals surface area contributed by atoms with Gasteiger partial charge in [0, 0.05) is 24.7 Å². The smallest absolute Gasteiger partial charge is 0.263 e. The first-order valence-corrected chi connectivity index (χ1v) is 10.3. The molecule has 1 saturated heterocycles. The molecule has 0 bridgehead atoms. The lowest BCUT2D eigenvalue weighted by molar-refractivity contribution is -0.134. The Morgan fingerprint density at radius 3 is 2.25 bits per heavy atom. The van der Waals surface area contributed by atoms with Gasteiger partial charge < -0.3 is 9.64 Å². The Labute approximate surface area is 168 Å². The first kappa shape index (κ1) is 20.6. The average molecular weight is 426 g/mol. The third-order valence-electron chi connectivity index (χ3n) is 4.43. The Hall–Kier alpha value is -2.17. The number of halogens is 1. The number of nitrogens with one attached hydrogen (secondary N) is 1. The van der Waals surface area contributed by atoms with Crippen molar-refractivity contribution in [1.82, 2.24) is 14.7 Å². The van der Waals surface area contributed by atoms with Crippen molar-refractivity contribution in [2.75, 3.05) is 26.7 Å². The summed E-state index contributed by atoms with van der Waals surface area (Å²) in [6, 6.07) is 11.7. The monoisotopic (exact) mass is 425 g/mol. The predicted octanol–water partition coefficient (Wildman–Crippen LogP) is 1.94. The summed E-state index contributed by atoms with van der Waals surface area (Å²) in [6.45, 7) is 0.801. The van der Waals surface area contributed by atoms with Crippen LogP contribution in [0.3, 0.4) is 0 Å². The van der Waals surface area contributed by atoms with E-state index in [0.29, 0.717) is 23.1 Å². The summed E-state index contributed by atoms with van der Waals surface area (Å²) in [4.78, 5) is 13.8. The Morgan fingerprint density at radius 2 is 1.68 bits per heavy atom. The highest BCUT2D eigenvalue weighted by molar-refractivity contribution is 7.89. The molecule has 0 aliphatic carbocycles. The number of likely N-dealkylation sites (N-methyl/N-ethyl adjacent to an activating group) is 1. The van der Waals surface area contributed by atoms with Gasteiger partial charge in [-0.25, -0.2) is 13.9 Å². The van der Waals surface area contributed by atoms with E-state index < -0.39 is 22.0 Å². The molecule has 2 aromatic carbocycles. The van der Waals surface area contributed by atoms with Crippen LogP contribution in [0.4, 0.5) is 0 Å². The summed E-state index contributed by atoms with van der Waals surface area (Å²) < 4.78 is 32.8. The molecular weight excluding hydrogens is 406 g/mol. The number of nitrogens with zero attached hydrogens (tertiary/aromatic N) is 2. The zero-order valence-electron chi connectivity index (χ0n) is 15.1. The van der Waals surface area contributed by atoms with Gasteiger partial charge >= 0.3 is 0 Å². The van der Waals surface area contributed by atoms with Gasteiger partial charge in [-0.1, -0.05) is 11.6 Å². The highest BCUT2D eigenvalue weighted by Crippen LogP contribution is 2.26. The van der Waals surface area contributed by atoms with Gasteiger partial charge in [0.05, 0.1) is 4.90 Å². The Morgan fingerprint density at radius 1 is 1.11 bits per heavy atom. The second-order valence-corrected chi connectivity index (χ2v) is 8.72. The van der Waals surface area contributed by atoms with Crippen molar-refractivity contribution in [2.24, 2.45) is 0 Å². The lowest BCUT2D eigenvalue weighted by Crippen LogP contribution is -2.59. The molecule has 2 aromatic rings. The minimum atomic E-state index is -3.92. The van der Waals surface area contributed by atoms with Crippen molar-refractivity contribution in [3.05, 3.63) is 53.6 Å². The van der Waals surface area contributed by atoms with Gasteiger partial charge in [-0.15, -0.1) is 0 Å². The van der Waals surface area contributed by atoms with E-state index >= 15 is 0 Å². The maximum Gasteiger partial charge on any atom is 0.263 e. The number of ether oxygens (including phenoxy) is 1. The van der Waals surface area contributed by atoms with Crippen LogP contribution in [0.25, 0.3) is 0 Å². The highest BCUT2D eigenvalue weighted by Gasteiger charge is 2.39. The standard InChI is InChI=1S/C18H20ClN3O5S/c1-21-10-11-22(17(12-21)18(23)20-24)28(25,26)16-8-6-15(7-9-16)27-14-4-2-13(19)3-5-14/h2-9,17,24H,10-12H2,1H3,(H,20,23)/t17-/m1/s1. The van der Waals surface area contributed by atoms with Crippen molar-refractivity contribution < 1.29 is 23.2 Å². The number of carbonyl (C=O) groups is 1. The molecule has 1 aliphatic heterocycles. The Bertz CT molecular complexity index is 935. The van der Waals surface area contributed by atoms with Crippen LogP contribution in [0, 0.1) is 0 Å². The zero-order valence-corrected chi connectivity index (χ0v) is 16.7. The number of hydrogen-bond donors (Lipinski definition) is 2. The average Bonchev–Trinajstić information content (AvgIpc) is 2.69. The van der Waals surface area contributed by atoms with E-state index in [4.69, 9.17) is 21.5 Å². The lowest BCUT2D eigenvalue weighted by atomic mass is 10.2. The molecule has 1 heterocycles. The molecule has 1 fully saturated rings. The van der Waals surface area contributed by atoms with Crippen molar-refractivity contribution in [1.29, 1.82) is 0 Å². The lowest BCUT2D eigenvalue weighted by Gasteiger charge is -2.37. The summed E-state index contributed by atoms with van der Waals surface area (Å²) in [5, 5.41) is 9.54. The van der Waals surface area contributed by atoms with Crippen LogP contribution in [-0.4, -0.2) is 61.5 Å². The van der Waals surface area contributed by atoms with E-state index in [0.717, 1.165) is 4.31 Å². The van der Waals surface area contributed by atoms with Crippen LogP contribution in [0.2, 0.25) is 5.02 Å². The third-order valence-corrected chi connectivity index (χ3v) is 6.60. The van der Waals surface area contributed by atoms with E-state index in [1.54, 1.807) is 48.9 Å². The van der Waals surface area contributed by atoms with Gasteiger partial charge in [0.15, 0.2) is 0 Å². The molecule has 3 rings (SSSR count). The van der Waals surface area contributed by atoms with Gasteiger partial charge in [-0.05, 0) is 55.6 Å². The molecule has 1 aliphatic rings. The molecule has 0 saturated carbocycles. The summed E-state index contributed by atoms with van der Waals surface area (Å²) in [5.74, 6) is 0.265. The third kappa shape index (κ3) is 4.45. The number of carbonyl (C=O) groups excluding carboxylic acids is 1. The number of piperazine rings is 1. The highest BCUT2D eigenvalue weighted by atomic mass is 35.5. The van der Waals surface area contributed by atoms with E-state index in [2.05, 4.69) is 0 Å². The van der Waals surface area contributed by atoms with Gasteiger partial charge in [-0.2, -0.15) is 4.31 Å². The van der Waals surface area contributed by atoms with Crippen molar-refractivity contribution in [3.63, 3.8) is 0 Å². The number of hydroxylamine groups is 1. The second-order valence-electron chi connectivity index (χ2n) is 6.40. The molecule has 28 heavy (non-hydrogen) atoms. The molecule has 0 radical (unpaired) electrons. The molecule has 150 valence electrons. The van der Waals surface area contributed by atoms with Gasteiger partial charge in [0.1, 0.15) is 17.5 Å². The fourth-order valence-electron chi connectivity index (χ4n) is 2.93. The number of rotatable bonds is 5. The number of hydrogen-bond acceptors (Lipinski definition) is 6. The SMILES string of the molecule is CN1CCN(S(=O)(=O)c2ccc(Oc3ccc(Cl)cc3)cc2)[C@@H](C(=O)NO)C1. The number of benzene rings is 2. The molecule has 1 amide bonds. The Balaban J connectivity index is 1.81. The van der Waals surface area contributed by atoms with E-state index in [1.807, 2.05) is 4.90 Å². The fourth-order valence-corrected chi connectivity index (χ4v) is 4.63. The molecule has 10 heteroatoms. The van der Waals surface area contributed by atoms with Crippen molar-refractivity contribution in [2.45, 2.75) is 10.9 Å². The van der Waals surface area contributed by atoms with E-state index in [-0.39, 0.29) is 18.0 Å². The summed E-state index contributed by atoms with van der Waals surface area (Å²) >= 11 is 5.84. The minimum Gasteiger partial charge on any atom is -0.457 e. The van der Waals surface area contributed by atoms with Crippen LogP contribution < -0.4 is 10.2 Å². The molecule has 2 N–H and O–H groups in total. The van der Waals surface area contributed by atoms with Gasteiger partial charge in [-0.3, -0.25) is 10.0 Å². The van der Waals surface area contributed by atoms with Crippen LogP contribution in [0.5, 0.6) is 11.5 Å². The maximum absolute atomic E-state index is 13.0. The van der Waals surface area contributed by atoms with E-state index in [1.165, 1.54) is 12.1 Å². The largest absolute Gasteiger partial charge is 0.457 e. The molecule has 1 atom stereocenters. The van der Waals surface area contributed by atoms with Crippen molar-refractivity contribution in [3.8, 4) is 11.5 Å². The van der Waals surface area contributed by atoms with Crippen LogP contribution >= 0.6 is 11.6 Å². The quantitative estimate of drug-likeness (QED) is 0.561. The number of sulfonamides is 1. The Kier molecular flexibility index (Phi) is 6.21. The summed E-state index contributed by atoms with van der Waals surface area (Å²) in [6.07, 6.45) is 0. The molecule has 0 aromatic heterocycles. The topological polar surface area (TPSA) is 99.2 Å². The van der Waals surface area contributed by atoms with Gasteiger partial charge in [0.2, 0.25) is 10.0 Å². The first-order chi connectivity index (χ1) is 13.3. The normalized spacial score (nSPS) is 18.6. The molecule has 0 unspecified atom stereocenters. The zero-order chi connectivity index (χ0) is 20.3. The molecule has 0 spiro atoms. The van der Waals surface area contributed by atoms with Crippen molar-refractivity contribution >= 4 is 27.5 Å². The second kappa shape index (κ2) is 8.46. The van der Waals surface area contributed by atoms with Crippen LogP contribution in [0.15, 0.2) is 53.4 Å². The first-order valence-electron chi connectivity index (χ1n) is 8.49. The maximum atomic E-state index is 13.0. The molecular formula is C18H20ClN3O5S. The van der Waals surface area contributed by atoms with Crippen LogP contribution in [-0.2, 0) is 14.8 Å². The van der Waals surface area contributed by atoms with E-state index in [9.17, 15) is 13.2 Å². The predicted molar refractivity (Wildman–Crippen MR) is 103 cm³/mol. The fraction of sp³-hybridized carbons (Fsp3) is 0.278. The van der Waals surface area contributed by atoms with Gasteiger partial charge in [0.25, 0.3) is 5.91 Å². The number of amides is 1. The summed E-state index contributed by atoms with van der Waals surface area (Å²) in [7, 11) is -2.14. The van der Waals surface area contributed by atoms with Crippen LogP contribution in [0.1, 0.15) is 0 Å². The summed E-state index contributed by atoms with van der Waals surface area (Å²) in [5.41, 5.74) is 1.55. The minimum absolute atomic E-state index is 0.0382.